The van der Waals surface area contributed by atoms with Gasteiger partial charge in [-0.3, -0.25) is 10.1 Å². The number of ether oxygens (including phenoxy) is 2. The van der Waals surface area contributed by atoms with Crippen LogP contribution < -0.4 is 10.1 Å². The Morgan fingerprint density at radius 2 is 1.95 bits per heavy atom. The summed E-state index contributed by atoms with van der Waals surface area (Å²) >= 11 is 0. The molecular weight excluding hydrogens is 246 g/mol. The van der Waals surface area contributed by atoms with Gasteiger partial charge >= 0.3 is 6.09 Å². The number of hydrogen-bond acceptors (Lipinski definition) is 4. The average molecular weight is 265 g/mol. The number of carbonyl (C=O) groups excluding carboxylic acids is 2. The van der Waals surface area contributed by atoms with Crippen molar-refractivity contribution in [3.63, 3.8) is 0 Å². The lowest BCUT2D eigenvalue weighted by Crippen LogP contribution is -2.27. The molecule has 0 heterocycles. The second-order valence-electron chi connectivity index (χ2n) is 5.12. The van der Waals surface area contributed by atoms with Crippen LogP contribution in [0, 0.1) is 6.92 Å². The fraction of sp³-hybridized carbons (Fsp3) is 0.429. The van der Waals surface area contributed by atoms with Crippen LogP contribution in [0.1, 0.15) is 36.7 Å². The minimum atomic E-state index is -0.610. The number of aryl methyl sites for hydroxylation is 1. The van der Waals surface area contributed by atoms with Gasteiger partial charge in [0.05, 0.1) is 18.4 Å². The highest BCUT2D eigenvalue weighted by atomic mass is 16.6. The number of carbonyl (C=O) groups is 2. The van der Waals surface area contributed by atoms with Crippen molar-refractivity contribution >= 4 is 18.1 Å². The predicted molar refractivity (Wildman–Crippen MR) is 73.0 cm³/mol. The molecule has 0 spiro atoms. The highest BCUT2D eigenvalue weighted by molar-refractivity contribution is 5.95. The molecule has 0 saturated carbocycles. The number of hydrogen-bond donors (Lipinski definition) is 1. The summed E-state index contributed by atoms with van der Waals surface area (Å²) in [5, 5.41) is 2.55. The van der Waals surface area contributed by atoms with Gasteiger partial charge in [0.2, 0.25) is 0 Å². The monoisotopic (exact) mass is 265 g/mol. The van der Waals surface area contributed by atoms with Gasteiger partial charge in [0.25, 0.3) is 0 Å². The number of aldehydes is 1. The third-order valence-electron chi connectivity index (χ3n) is 2.35. The molecule has 1 rings (SSSR count). The van der Waals surface area contributed by atoms with Crippen molar-refractivity contribution in [2.24, 2.45) is 0 Å². The van der Waals surface area contributed by atoms with Gasteiger partial charge in [-0.05, 0) is 39.3 Å². The summed E-state index contributed by atoms with van der Waals surface area (Å²) in [4.78, 5) is 22.8. The number of nitrogens with one attached hydrogen (secondary N) is 1. The quantitative estimate of drug-likeness (QED) is 0.852. The summed E-state index contributed by atoms with van der Waals surface area (Å²) in [7, 11) is 1.48. The van der Waals surface area contributed by atoms with E-state index >= 15 is 0 Å². The van der Waals surface area contributed by atoms with Crippen LogP contribution in [0.15, 0.2) is 12.1 Å². The van der Waals surface area contributed by atoms with E-state index in [2.05, 4.69) is 5.32 Å². The molecule has 1 aromatic rings. The summed E-state index contributed by atoms with van der Waals surface area (Å²) in [5.74, 6) is 0.448. The second kappa shape index (κ2) is 5.73. The predicted octanol–water partition coefficient (Wildman–Crippen LogP) is 3.16. The van der Waals surface area contributed by atoms with Gasteiger partial charge in [-0.1, -0.05) is 6.07 Å². The molecule has 0 fully saturated rings. The summed E-state index contributed by atoms with van der Waals surface area (Å²) in [6.45, 7) is 7.12. The normalized spacial score (nSPS) is 10.8. The van der Waals surface area contributed by atoms with Crippen molar-refractivity contribution < 1.29 is 19.1 Å². The maximum atomic E-state index is 11.7. The Balaban J connectivity index is 3.02. The van der Waals surface area contributed by atoms with Crippen LogP contribution in [-0.4, -0.2) is 25.1 Å². The Bertz CT molecular complexity index is 489. The van der Waals surface area contributed by atoms with Gasteiger partial charge in [-0.2, -0.15) is 0 Å². The largest absolute Gasteiger partial charge is 0.496 e. The van der Waals surface area contributed by atoms with E-state index in [4.69, 9.17) is 9.47 Å². The number of methoxy groups -OCH3 is 1. The lowest BCUT2D eigenvalue weighted by molar-refractivity contribution is 0.0636. The molecule has 0 atom stereocenters. The molecule has 1 aromatic carbocycles. The molecule has 5 nitrogen and oxygen atoms in total. The van der Waals surface area contributed by atoms with Crippen molar-refractivity contribution in [2.75, 3.05) is 12.4 Å². The lowest BCUT2D eigenvalue weighted by atomic mass is 10.1. The maximum Gasteiger partial charge on any atom is 0.412 e. The number of anilines is 1. The molecule has 0 saturated heterocycles. The van der Waals surface area contributed by atoms with Gasteiger partial charge < -0.3 is 9.47 Å². The number of amides is 1. The van der Waals surface area contributed by atoms with E-state index in [1.807, 2.05) is 6.92 Å². The Morgan fingerprint density at radius 3 is 2.42 bits per heavy atom. The standard InChI is InChI=1S/C14H19NO4/c1-9-6-7-11(10(8-16)12(9)18-5)15-13(17)19-14(2,3)4/h6-8H,1-5H3,(H,15,17). The third-order valence-corrected chi connectivity index (χ3v) is 2.35. The highest BCUT2D eigenvalue weighted by Crippen LogP contribution is 2.28. The van der Waals surface area contributed by atoms with E-state index in [1.165, 1.54) is 7.11 Å². The molecule has 0 radical (unpaired) electrons. The summed E-state index contributed by atoms with van der Waals surface area (Å²) in [6, 6.07) is 3.41. The van der Waals surface area contributed by atoms with Gasteiger partial charge in [0, 0.05) is 0 Å². The Hall–Kier alpha value is -2.04. The molecule has 0 aliphatic carbocycles. The van der Waals surface area contributed by atoms with Crippen LogP contribution in [0.2, 0.25) is 0 Å². The molecule has 1 N–H and O–H groups in total. The van der Waals surface area contributed by atoms with Gasteiger partial charge in [-0.25, -0.2) is 4.79 Å². The first-order chi connectivity index (χ1) is 8.78. The minimum absolute atomic E-state index is 0.299. The van der Waals surface area contributed by atoms with E-state index in [0.717, 1.165) is 5.56 Å². The van der Waals surface area contributed by atoms with E-state index < -0.39 is 11.7 Å². The van der Waals surface area contributed by atoms with Gasteiger partial charge in [0.15, 0.2) is 6.29 Å². The van der Waals surface area contributed by atoms with Crippen LogP contribution in [0.4, 0.5) is 10.5 Å². The van der Waals surface area contributed by atoms with Crippen LogP contribution in [0.25, 0.3) is 0 Å². The van der Waals surface area contributed by atoms with E-state index in [-0.39, 0.29) is 0 Å². The molecule has 0 aromatic heterocycles. The van der Waals surface area contributed by atoms with Crippen LogP contribution >= 0.6 is 0 Å². The van der Waals surface area contributed by atoms with E-state index in [1.54, 1.807) is 32.9 Å². The molecule has 0 aliphatic heterocycles. The molecule has 1 amide bonds. The van der Waals surface area contributed by atoms with E-state index in [9.17, 15) is 9.59 Å². The molecule has 0 bridgehead atoms. The van der Waals surface area contributed by atoms with Crippen molar-refractivity contribution in [1.82, 2.24) is 0 Å². The Morgan fingerprint density at radius 1 is 1.32 bits per heavy atom. The zero-order chi connectivity index (χ0) is 14.6. The lowest BCUT2D eigenvalue weighted by Gasteiger charge is -2.20. The Kier molecular flexibility index (Phi) is 4.53. The zero-order valence-corrected chi connectivity index (χ0v) is 11.9. The topological polar surface area (TPSA) is 64.6 Å². The van der Waals surface area contributed by atoms with Crippen molar-refractivity contribution in [3.05, 3.63) is 23.3 Å². The summed E-state index contributed by atoms with van der Waals surface area (Å²) in [6.07, 6.45) is 0.0416. The van der Waals surface area contributed by atoms with Crippen LogP contribution in [-0.2, 0) is 4.74 Å². The maximum absolute atomic E-state index is 11.7. The zero-order valence-electron chi connectivity index (χ0n) is 11.9. The number of rotatable bonds is 3. The molecular formula is C14H19NO4. The third kappa shape index (κ3) is 3.98. The molecule has 104 valence electrons. The molecule has 5 heteroatoms. The van der Waals surface area contributed by atoms with Crippen molar-refractivity contribution in [3.8, 4) is 5.75 Å². The fourth-order valence-electron chi connectivity index (χ4n) is 1.62. The van der Waals surface area contributed by atoms with Crippen molar-refractivity contribution in [2.45, 2.75) is 33.3 Å². The molecule has 19 heavy (non-hydrogen) atoms. The first-order valence-electron chi connectivity index (χ1n) is 5.91. The Labute approximate surface area is 112 Å². The minimum Gasteiger partial charge on any atom is -0.496 e. The fourth-order valence-corrected chi connectivity index (χ4v) is 1.62. The SMILES string of the molecule is COc1c(C)ccc(NC(=O)OC(C)(C)C)c1C=O. The number of benzene rings is 1. The summed E-state index contributed by atoms with van der Waals surface area (Å²) in [5.41, 5.74) is 0.889. The summed E-state index contributed by atoms with van der Waals surface area (Å²) < 4.78 is 10.3. The first kappa shape index (κ1) is 15.0. The first-order valence-corrected chi connectivity index (χ1v) is 5.91. The van der Waals surface area contributed by atoms with Crippen LogP contribution in [0.3, 0.4) is 0 Å². The highest BCUT2D eigenvalue weighted by Gasteiger charge is 2.18. The second-order valence-corrected chi connectivity index (χ2v) is 5.12. The van der Waals surface area contributed by atoms with Gasteiger partial charge in [-0.15, -0.1) is 0 Å². The van der Waals surface area contributed by atoms with E-state index in [0.29, 0.717) is 23.3 Å². The van der Waals surface area contributed by atoms with Gasteiger partial charge in [0.1, 0.15) is 11.4 Å². The average Bonchev–Trinajstić information content (AvgIpc) is 2.28. The van der Waals surface area contributed by atoms with Crippen LogP contribution in [0.5, 0.6) is 5.75 Å². The van der Waals surface area contributed by atoms with Crippen molar-refractivity contribution in [1.29, 1.82) is 0 Å². The molecule has 0 aliphatic rings. The smallest absolute Gasteiger partial charge is 0.412 e. The molecule has 0 unspecified atom stereocenters.